The molecule has 0 aliphatic rings. The van der Waals surface area contributed by atoms with Gasteiger partial charge in [0.1, 0.15) is 22.1 Å². The van der Waals surface area contributed by atoms with E-state index in [2.05, 4.69) is 5.10 Å². The number of ether oxygens (including phenoxy) is 1. The van der Waals surface area contributed by atoms with Crippen LogP contribution in [0.5, 0.6) is 5.75 Å². The number of hydrogen-bond donors (Lipinski definition) is 0. The standard InChI is InChI=1S/C25H20N4O3S/c1-16-7-6-8-18(11-16)29-24(31)22(12-17-14-27-28(2)15-17)33-25(29)20(13-26)23(30)19-9-4-5-10-21(19)32-3/h4-12,14-15H,1-3H3. The Labute approximate surface area is 193 Å². The molecule has 0 aliphatic heterocycles. The maximum atomic E-state index is 13.5. The quantitative estimate of drug-likeness (QED) is 0.430. The van der Waals surface area contributed by atoms with Gasteiger partial charge in [0.25, 0.3) is 5.56 Å². The third-order valence-corrected chi connectivity index (χ3v) is 6.10. The van der Waals surface area contributed by atoms with E-state index >= 15 is 0 Å². The van der Waals surface area contributed by atoms with Gasteiger partial charge in [-0.25, -0.2) is 0 Å². The van der Waals surface area contributed by atoms with Gasteiger partial charge in [-0.2, -0.15) is 10.4 Å². The molecular formula is C25H20N4O3S. The first-order chi connectivity index (χ1) is 15.9. The number of para-hydroxylation sites is 1. The van der Waals surface area contributed by atoms with Gasteiger partial charge in [0.15, 0.2) is 0 Å². The SMILES string of the molecule is COc1ccccc1C(=O)C(C#N)=c1sc(=Cc2cnn(C)c2)c(=O)n1-c1cccc(C)c1. The molecule has 0 saturated carbocycles. The van der Waals surface area contributed by atoms with Gasteiger partial charge in [-0.15, -0.1) is 11.3 Å². The lowest BCUT2D eigenvalue weighted by Crippen LogP contribution is -2.31. The lowest BCUT2D eigenvalue weighted by Gasteiger charge is -2.07. The van der Waals surface area contributed by atoms with Crippen LogP contribution in [0.3, 0.4) is 0 Å². The van der Waals surface area contributed by atoms with Gasteiger partial charge in [0.05, 0.1) is 29.1 Å². The summed E-state index contributed by atoms with van der Waals surface area (Å²) in [7, 11) is 3.25. The number of Topliss-reactive ketones (excluding diaryl/α,β-unsaturated/α-hetero) is 1. The highest BCUT2D eigenvalue weighted by molar-refractivity contribution is 7.07. The zero-order chi connectivity index (χ0) is 23.5. The molecule has 4 aromatic rings. The number of aryl methyl sites for hydroxylation is 2. The average Bonchev–Trinajstić information content (AvgIpc) is 3.37. The van der Waals surface area contributed by atoms with Gasteiger partial charge >= 0.3 is 0 Å². The highest BCUT2D eigenvalue weighted by atomic mass is 32.1. The van der Waals surface area contributed by atoms with Crippen LogP contribution in [0.4, 0.5) is 0 Å². The average molecular weight is 457 g/mol. The Morgan fingerprint density at radius 3 is 2.67 bits per heavy atom. The number of nitriles is 1. The van der Waals surface area contributed by atoms with Crippen molar-refractivity contribution in [2.45, 2.75) is 6.92 Å². The van der Waals surface area contributed by atoms with E-state index < -0.39 is 5.78 Å². The second kappa shape index (κ2) is 9.10. The molecule has 0 atom stereocenters. The molecule has 0 aliphatic carbocycles. The molecule has 33 heavy (non-hydrogen) atoms. The number of aromatic nitrogens is 3. The van der Waals surface area contributed by atoms with Crippen LogP contribution in [0.1, 0.15) is 21.5 Å². The maximum Gasteiger partial charge on any atom is 0.273 e. The summed E-state index contributed by atoms with van der Waals surface area (Å²) in [4.78, 5) is 26.9. The van der Waals surface area contributed by atoms with Crippen LogP contribution < -0.4 is 19.5 Å². The topological polar surface area (TPSA) is 89.9 Å². The Morgan fingerprint density at radius 1 is 1.21 bits per heavy atom. The number of ketones is 1. The van der Waals surface area contributed by atoms with Crippen LogP contribution in [-0.4, -0.2) is 27.2 Å². The fraction of sp³-hybridized carbons (Fsp3) is 0.120. The first-order valence-corrected chi connectivity index (χ1v) is 10.9. The van der Waals surface area contributed by atoms with E-state index in [0.717, 1.165) is 22.5 Å². The molecule has 0 spiro atoms. The lowest BCUT2D eigenvalue weighted by molar-refractivity contribution is 0.105. The summed E-state index contributed by atoms with van der Waals surface area (Å²) in [5, 5.41) is 14.1. The molecule has 0 radical (unpaired) electrons. The van der Waals surface area contributed by atoms with Crippen LogP contribution in [0.25, 0.3) is 17.3 Å². The zero-order valence-corrected chi connectivity index (χ0v) is 19.1. The molecule has 2 aromatic heterocycles. The molecule has 0 saturated heterocycles. The normalized spacial score (nSPS) is 12.4. The Balaban J connectivity index is 2.07. The smallest absolute Gasteiger partial charge is 0.273 e. The van der Waals surface area contributed by atoms with Crippen molar-refractivity contribution in [3.05, 3.63) is 97.2 Å². The Hall–Kier alpha value is -4.22. The van der Waals surface area contributed by atoms with Gasteiger partial charge < -0.3 is 4.74 Å². The van der Waals surface area contributed by atoms with Crippen LogP contribution in [0, 0.1) is 18.3 Å². The predicted molar refractivity (Wildman–Crippen MR) is 127 cm³/mol. The highest BCUT2D eigenvalue weighted by Gasteiger charge is 2.21. The highest BCUT2D eigenvalue weighted by Crippen LogP contribution is 2.21. The summed E-state index contributed by atoms with van der Waals surface area (Å²) in [5.41, 5.74) is 2.08. The molecule has 0 bridgehead atoms. The molecule has 0 fully saturated rings. The molecule has 2 aromatic carbocycles. The maximum absolute atomic E-state index is 13.5. The molecule has 164 valence electrons. The van der Waals surface area contributed by atoms with E-state index in [-0.39, 0.29) is 21.4 Å². The summed E-state index contributed by atoms with van der Waals surface area (Å²) < 4.78 is 9.02. The minimum Gasteiger partial charge on any atom is -0.496 e. The molecule has 0 unspecified atom stereocenters. The number of rotatable bonds is 5. The summed E-state index contributed by atoms with van der Waals surface area (Å²) >= 11 is 1.10. The van der Waals surface area contributed by atoms with Crippen molar-refractivity contribution in [1.82, 2.24) is 14.3 Å². The van der Waals surface area contributed by atoms with Crippen LogP contribution in [0.2, 0.25) is 0 Å². The summed E-state index contributed by atoms with van der Waals surface area (Å²) in [6, 6.07) is 16.1. The van der Waals surface area contributed by atoms with Crippen molar-refractivity contribution in [2.75, 3.05) is 7.11 Å². The number of hydrogen-bond acceptors (Lipinski definition) is 6. The van der Waals surface area contributed by atoms with E-state index in [1.807, 2.05) is 31.2 Å². The first kappa shape index (κ1) is 22.0. The predicted octanol–water partition coefficient (Wildman–Crippen LogP) is 2.34. The number of carbonyl (C=O) groups excluding carboxylic acids is 1. The molecule has 0 amide bonds. The monoisotopic (exact) mass is 456 g/mol. The zero-order valence-electron chi connectivity index (χ0n) is 18.3. The fourth-order valence-electron chi connectivity index (χ4n) is 3.48. The second-order valence-corrected chi connectivity index (χ2v) is 8.39. The van der Waals surface area contributed by atoms with Gasteiger partial charge in [-0.3, -0.25) is 18.8 Å². The van der Waals surface area contributed by atoms with Crippen molar-refractivity contribution in [1.29, 1.82) is 5.26 Å². The fourth-order valence-corrected chi connectivity index (χ4v) is 4.58. The summed E-state index contributed by atoms with van der Waals surface area (Å²) in [5.74, 6) is -0.149. The summed E-state index contributed by atoms with van der Waals surface area (Å²) in [6.07, 6.45) is 5.13. The Bertz CT molecular complexity index is 1580. The molecule has 8 heteroatoms. The third-order valence-electron chi connectivity index (χ3n) is 5.01. The van der Waals surface area contributed by atoms with E-state index in [1.54, 1.807) is 60.5 Å². The number of thiazole rings is 1. The van der Waals surface area contributed by atoms with Crippen molar-refractivity contribution in [3.63, 3.8) is 0 Å². The third kappa shape index (κ3) is 4.27. The molecular weight excluding hydrogens is 436 g/mol. The summed E-state index contributed by atoms with van der Waals surface area (Å²) in [6.45, 7) is 1.91. The number of nitrogens with zero attached hydrogens (tertiary/aromatic N) is 4. The van der Waals surface area contributed by atoms with Crippen molar-refractivity contribution >= 4 is 28.8 Å². The largest absolute Gasteiger partial charge is 0.496 e. The van der Waals surface area contributed by atoms with Crippen molar-refractivity contribution in [3.8, 4) is 17.5 Å². The minimum absolute atomic E-state index is 0.131. The van der Waals surface area contributed by atoms with Gasteiger partial charge in [0, 0.05) is 18.8 Å². The molecule has 7 nitrogen and oxygen atoms in total. The molecule has 0 N–H and O–H groups in total. The first-order valence-electron chi connectivity index (χ1n) is 10.0. The lowest BCUT2D eigenvalue weighted by atomic mass is 10.0. The number of methoxy groups -OCH3 is 1. The van der Waals surface area contributed by atoms with Crippen molar-refractivity contribution < 1.29 is 9.53 Å². The van der Waals surface area contributed by atoms with E-state index in [9.17, 15) is 14.9 Å². The van der Waals surface area contributed by atoms with Gasteiger partial charge in [-0.05, 0) is 42.8 Å². The Morgan fingerprint density at radius 2 is 2.00 bits per heavy atom. The molecule has 2 heterocycles. The number of carbonyl (C=O) groups is 1. The van der Waals surface area contributed by atoms with E-state index in [1.165, 1.54) is 11.7 Å². The van der Waals surface area contributed by atoms with Crippen LogP contribution in [0.15, 0.2) is 65.7 Å². The van der Waals surface area contributed by atoms with Crippen molar-refractivity contribution in [2.24, 2.45) is 7.05 Å². The van der Waals surface area contributed by atoms with Crippen LogP contribution in [-0.2, 0) is 7.05 Å². The second-order valence-electron chi connectivity index (χ2n) is 7.36. The Kier molecular flexibility index (Phi) is 6.07. The van der Waals surface area contributed by atoms with E-state index in [0.29, 0.717) is 16.0 Å². The van der Waals surface area contributed by atoms with E-state index in [4.69, 9.17) is 4.74 Å². The van der Waals surface area contributed by atoms with Gasteiger partial charge in [0.2, 0.25) is 5.78 Å². The van der Waals surface area contributed by atoms with Gasteiger partial charge in [-0.1, -0.05) is 24.3 Å². The minimum atomic E-state index is -0.509. The van der Waals surface area contributed by atoms with Crippen LogP contribution >= 0.6 is 11.3 Å². The number of benzene rings is 2. The molecule has 4 rings (SSSR count).